The molecule has 0 heterocycles. The molecular weight excluding hydrogens is 221 g/mol. The molecule has 14 heavy (non-hydrogen) atoms. The summed E-state index contributed by atoms with van der Waals surface area (Å²) in [5.74, 6) is 0.470. The van der Waals surface area contributed by atoms with Crippen molar-refractivity contribution in [3.63, 3.8) is 0 Å². The molecule has 4 heteroatoms. The molecule has 2 N–H and O–H groups in total. The molecule has 0 aliphatic rings. The van der Waals surface area contributed by atoms with Crippen LogP contribution in [0.15, 0.2) is 18.2 Å². The third-order valence-electron chi connectivity index (χ3n) is 1.85. The third-order valence-corrected chi connectivity index (χ3v) is 2.36. The van der Waals surface area contributed by atoms with Gasteiger partial charge < -0.3 is 5.73 Å². The molecule has 2 nitrogen and oxygen atoms in total. The van der Waals surface area contributed by atoms with Gasteiger partial charge in [0.05, 0.1) is 0 Å². The lowest BCUT2D eigenvalue weighted by molar-refractivity contribution is 0.0983. The normalized spacial score (nSPS) is 10.1. The Morgan fingerprint density at radius 3 is 2.79 bits per heavy atom. The molecule has 0 saturated carbocycles. The Morgan fingerprint density at radius 1 is 1.43 bits per heavy atom. The molecule has 1 aromatic rings. The predicted molar refractivity (Wildman–Crippen MR) is 60.1 cm³/mol. The lowest BCUT2D eigenvalue weighted by Crippen LogP contribution is -2.03. The summed E-state index contributed by atoms with van der Waals surface area (Å²) in [6.07, 6.45) is 1.07. The largest absolute Gasteiger partial charge is 0.398 e. The van der Waals surface area contributed by atoms with Crippen LogP contribution in [0.5, 0.6) is 0 Å². The molecule has 0 unspecified atom stereocenters. The first kappa shape index (κ1) is 11.3. The van der Waals surface area contributed by atoms with Crippen molar-refractivity contribution in [2.45, 2.75) is 12.8 Å². The summed E-state index contributed by atoms with van der Waals surface area (Å²) in [4.78, 5) is 11.6. The van der Waals surface area contributed by atoms with E-state index in [2.05, 4.69) is 0 Å². The zero-order valence-electron chi connectivity index (χ0n) is 7.59. The highest BCUT2D eigenvalue weighted by Gasteiger charge is 2.09. The number of alkyl halides is 1. The molecule has 0 bridgehead atoms. The number of carbonyl (C=O) groups excluding carboxylic acids is 1. The van der Waals surface area contributed by atoms with Crippen LogP contribution >= 0.6 is 23.2 Å². The van der Waals surface area contributed by atoms with Gasteiger partial charge in [-0.2, -0.15) is 0 Å². The van der Waals surface area contributed by atoms with E-state index in [0.29, 0.717) is 35.0 Å². The van der Waals surface area contributed by atoms with Gasteiger partial charge in [0.15, 0.2) is 5.78 Å². The van der Waals surface area contributed by atoms with Gasteiger partial charge in [0.2, 0.25) is 0 Å². The number of carbonyl (C=O) groups is 1. The van der Waals surface area contributed by atoms with Crippen molar-refractivity contribution in [1.82, 2.24) is 0 Å². The minimum atomic E-state index is -0.00866. The second kappa shape index (κ2) is 5.23. The second-order valence-electron chi connectivity index (χ2n) is 2.95. The first-order valence-electron chi connectivity index (χ1n) is 4.29. The number of nitrogen functional groups attached to an aromatic ring is 1. The number of anilines is 1. The SMILES string of the molecule is Nc1ccc(Cl)cc1C(=O)CCCCl. The van der Waals surface area contributed by atoms with Crippen molar-refractivity contribution >= 4 is 34.7 Å². The van der Waals surface area contributed by atoms with Crippen LogP contribution in [0.4, 0.5) is 5.69 Å². The van der Waals surface area contributed by atoms with Crippen molar-refractivity contribution in [2.75, 3.05) is 11.6 Å². The molecule has 0 atom stereocenters. The summed E-state index contributed by atoms with van der Waals surface area (Å²) >= 11 is 11.3. The Morgan fingerprint density at radius 2 is 2.14 bits per heavy atom. The fourth-order valence-electron chi connectivity index (χ4n) is 1.13. The smallest absolute Gasteiger partial charge is 0.165 e. The maximum absolute atomic E-state index is 11.6. The van der Waals surface area contributed by atoms with Crippen LogP contribution in [0.25, 0.3) is 0 Å². The van der Waals surface area contributed by atoms with Gasteiger partial charge >= 0.3 is 0 Å². The number of rotatable bonds is 4. The molecule has 0 fully saturated rings. The molecule has 0 radical (unpaired) electrons. The zero-order chi connectivity index (χ0) is 10.6. The van der Waals surface area contributed by atoms with E-state index in [9.17, 15) is 4.79 Å². The van der Waals surface area contributed by atoms with Crippen molar-refractivity contribution < 1.29 is 4.79 Å². The molecule has 1 rings (SSSR count). The van der Waals surface area contributed by atoms with E-state index < -0.39 is 0 Å². The van der Waals surface area contributed by atoms with Gasteiger partial charge in [-0.25, -0.2) is 0 Å². The summed E-state index contributed by atoms with van der Waals surface area (Å²) in [5.41, 5.74) is 6.60. The van der Waals surface area contributed by atoms with Crippen LogP contribution in [0.2, 0.25) is 5.02 Å². The highest BCUT2D eigenvalue weighted by molar-refractivity contribution is 6.31. The van der Waals surface area contributed by atoms with Gasteiger partial charge in [-0.15, -0.1) is 11.6 Å². The topological polar surface area (TPSA) is 43.1 Å². The fraction of sp³-hybridized carbons (Fsp3) is 0.300. The average Bonchev–Trinajstić information content (AvgIpc) is 2.18. The summed E-state index contributed by atoms with van der Waals surface area (Å²) < 4.78 is 0. The van der Waals surface area contributed by atoms with Crippen LogP contribution in [0.3, 0.4) is 0 Å². The van der Waals surface area contributed by atoms with Crippen LogP contribution < -0.4 is 5.73 Å². The number of ketones is 1. The van der Waals surface area contributed by atoms with Gasteiger partial charge in [-0.05, 0) is 24.6 Å². The van der Waals surface area contributed by atoms with Crippen molar-refractivity contribution in [2.24, 2.45) is 0 Å². The van der Waals surface area contributed by atoms with E-state index in [4.69, 9.17) is 28.9 Å². The highest BCUT2D eigenvalue weighted by Crippen LogP contribution is 2.19. The lowest BCUT2D eigenvalue weighted by Gasteiger charge is -2.04. The molecular formula is C10H11Cl2NO. The average molecular weight is 232 g/mol. The predicted octanol–water partition coefficient (Wildman–Crippen LogP) is 3.12. The van der Waals surface area contributed by atoms with Crippen molar-refractivity contribution in [3.05, 3.63) is 28.8 Å². The van der Waals surface area contributed by atoms with Gasteiger partial charge in [0.1, 0.15) is 0 Å². The van der Waals surface area contributed by atoms with Gasteiger partial charge in [-0.3, -0.25) is 4.79 Å². The Balaban J connectivity index is 2.83. The van der Waals surface area contributed by atoms with Crippen molar-refractivity contribution in [1.29, 1.82) is 0 Å². The molecule has 0 spiro atoms. The van der Waals surface area contributed by atoms with Gasteiger partial charge in [-0.1, -0.05) is 11.6 Å². The first-order valence-corrected chi connectivity index (χ1v) is 5.20. The molecule has 0 aliphatic heterocycles. The van der Waals surface area contributed by atoms with E-state index in [1.54, 1.807) is 18.2 Å². The number of hydrogen-bond acceptors (Lipinski definition) is 2. The quantitative estimate of drug-likeness (QED) is 0.492. The van der Waals surface area contributed by atoms with Crippen LogP contribution in [0, 0.1) is 0 Å². The van der Waals surface area contributed by atoms with E-state index in [1.807, 2.05) is 0 Å². The van der Waals surface area contributed by atoms with E-state index in [-0.39, 0.29) is 5.78 Å². The van der Waals surface area contributed by atoms with Crippen LogP contribution in [-0.2, 0) is 0 Å². The molecule has 76 valence electrons. The molecule has 1 aromatic carbocycles. The summed E-state index contributed by atoms with van der Waals surface area (Å²) in [6, 6.07) is 4.89. The first-order chi connectivity index (χ1) is 6.65. The Labute approximate surface area is 93.0 Å². The summed E-state index contributed by atoms with van der Waals surface area (Å²) in [6.45, 7) is 0. The minimum Gasteiger partial charge on any atom is -0.398 e. The van der Waals surface area contributed by atoms with Crippen LogP contribution in [-0.4, -0.2) is 11.7 Å². The Bertz CT molecular complexity index is 339. The van der Waals surface area contributed by atoms with Gasteiger partial charge in [0, 0.05) is 28.6 Å². The molecule has 0 amide bonds. The fourth-order valence-corrected chi connectivity index (χ4v) is 1.44. The Kier molecular flexibility index (Phi) is 4.23. The minimum absolute atomic E-state index is 0.00866. The monoisotopic (exact) mass is 231 g/mol. The van der Waals surface area contributed by atoms with Gasteiger partial charge in [0.25, 0.3) is 0 Å². The standard InChI is InChI=1S/C10H11Cl2NO/c11-5-1-2-10(14)8-6-7(12)3-4-9(8)13/h3-4,6H,1-2,5,13H2. The van der Waals surface area contributed by atoms with Crippen molar-refractivity contribution in [3.8, 4) is 0 Å². The van der Waals surface area contributed by atoms with Crippen LogP contribution in [0.1, 0.15) is 23.2 Å². The van der Waals surface area contributed by atoms with E-state index >= 15 is 0 Å². The maximum Gasteiger partial charge on any atom is 0.165 e. The second-order valence-corrected chi connectivity index (χ2v) is 3.76. The van der Waals surface area contributed by atoms with E-state index in [0.717, 1.165) is 0 Å². The summed E-state index contributed by atoms with van der Waals surface area (Å²) in [5, 5.41) is 0.522. The lowest BCUT2D eigenvalue weighted by atomic mass is 10.1. The number of Topliss-reactive ketones (excluding diaryl/α,β-unsaturated/α-hetero) is 1. The Hall–Kier alpha value is -0.730. The highest BCUT2D eigenvalue weighted by atomic mass is 35.5. The number of halogens is 2. The number of benzene rings is 1. The molecule has 0 aliphatic carbocycles. The maximum atomic E-state index is 11.6. The number of nitrogens with two attached hydrogens (primary N) is 1. The number of hydrogen-bond donors (Lipinski definition) is 1. The van der Waals surface area contributed by atoms with E-state index in [1.165, 1.54) is 0 Å². The summed E-state index contributed by atoms with van der Waals surface area (Å²) in [7, 11) is 0. The zero-order valence-corrected chi connectivity index (χ0v) is 9.11. The molecule has 0 saturated heterocycles. The molecule has 0 aromatic heterocycles. The third kappa shape index (κ3) is 2.89.